The standard InChI is InChI=1S/C20H26N2OS/c1-20(2,3)19-21-13-17(24-19)18(23)22(4)16-11-10-14-8-6-5-7-9-15(14)12-16/h10-13H,5-9H2,1-4H3. The molecule has 0 spiro atoms. The first-order valence-electron chi connectivity index (χ1n) is 8.72. The lowest BCUT2D eigenvalue weighted by molar-refractivity contribution is 0.0996. The molecular formula is C20H26N2OS. The van der Waals surface area contributed by atoms with Crippen molar-refractivity contribution in [2.24, 2.45) is 0 Å². The smallest absolute Gasteiger partial charge is 0.269 e. The van der Waals surface area contributed by atoms with Gasteiger partial charge in [-0.25, -0.2) is 4.98 Å². The van der Waals surface area contributed by atoms with Crippen molar-refractivity contribution in [1.82, 2.24) is 4.98 Å². The van der Waals surface area contributed by atoms with Crippen LogP contribution >= 0.6 is 11.3 Å². The first kappa shape index (κ1) is 17.2. The number of benzene rings is 1. The maximum atomic E-state index is 12.8. The predicted molar refractivity (Wildman–Crippen MR) is 101 cm³/mol. The van der Waals surface area contributed by atoms with E-state index in [1.807, 2.05) is 7.05 Å². The minimum Gasteiger partial charge on any atom is -0.311 e. The highest BCUT2D eigenvalue weighted by molar-refractivity contribution is 7.13. The van der Waals surface area contributed by atoms with Gasteiger partial charge in [0.25, 0.3) is 5.91 Å². The number of rotatable bonds is 2. The lowest BCUT2D eigenvalue weighted by atomic mass is 9.98. The average Bonchev–Trinajstić information content (AvgIpc) is 2.93. The third-order valence-electron chi connectivity index (χ3n) is 4.63. The van der Waals surface area contributed by atoms with E-state index in [0.717, 1.165) is 23.5 Å². The number of carbonyl (C=O) groups is 1. The van der Waals surface area contributed by atoms with Gasteiger partial charge >= 0.3 is 0 Å². The Bertz CT molecular complexity index is 742. The van der Waals surface area contributed by atoms with E-state index >= 15 is 0 Å². The summed E-state index contributed by atoms with van der Waals surface area (Å²) in [6.07, 6.45) is 7.83. The molecule has 0 radical (unpaired) electrons. The minimum absolute atomic E-state index is 0.0220. The van der Waals surface area contributed by atoms with E-state index in [1.54, 1.807) is 11.1 Å². The summed E-state index contributed by atoms with van der Waals surface area (Å²) in [6, 6.07) is 6.48. The van der Waals surface area contributed by atoms with E-state index in [2.05, 4.69) is 44.0 Å². The van der Waals surface area contributed by atoms with Crippen LogP contribution in [0.5, 0.6) is 0 Å². The second kappa shape index (κ2) is 6.67. The first-order valence-corrected chi connectivity index (χ1v) is 9.54. The third-order valence-corrected chi connectivity index (χ3v) is 6.04. The van der Waals surface area contributed by atoms with Gasteiger partial charge in [0, 0.05) is 18.2 Å². The first-order chi connectivity index (χ1) is 11.4. The van der Waals surface area contributed by atoms with Crippen molar-refractivity contribution in [3.05, 3.63) is 45.4 Å². The maximum Gasteiger partial charge on any atom is 0.269 e. The molecule has 0 bridgehead atoms. The van der Waals surface area contributed by atoms with Crippen LogP contribution in [0, 0.1) is 0 Å². The summed E-state index contributed by atoms with van der Waals surface area (Å²) in [7, 11) is 1.86. The summed E-state index contributed by atoms with van der Waals surface area (Å²) in [6.45, 7) is 6.36. The summed E-state index contributed by atoms with van der Waals surface area (Å²) in [5, 5.41) is 1.00. The van der Waals surface area contributed by atoms with Crippen molar-refractivity contribution in [3.63, 3.8) is 0 Å². The molecule has 1 aromatic heterocycles. The summed E-state index contributed by atoms with van der Waals surface area (Å²) in [4.78, 5) is 19.7. The zero-order chi connectivity index (χ0) is 17.3. The Morgan fingerprint density at radius 2 is 1.83 bits per heavy atom. The Morgan fingerprint density at radius 3 is 2.50 bits per heavy atom. The molecule has 3 rings (SSSR count). The molecule has 1 aliphatic rings. The summed E-state index contributed by atoms with van der Waals surface area (Å²) in [5.74, 6) is 0.0246. The molecule has 0 fully saturated rings. The van der Waals surface area contributed by atoms with Gasteiger partial charge in [0.2, 0.25) is 0 Å². The number of thiazole rings is 1. The van der Waals surface area contributed by atoms with Crippen LogP contribution in [0.2, 0.25) is 0 Å². The molecule has 128 valence electrons. The van der Waals surface area contributed by atoms with Crippen LogP contribution in [0.3, 0.4) is 0 Å². The normalized spacial score (nSPS) is 14.8. The van der Waals surface area contributed by atoms with Crippen LogP contribution in [0.15, 0.2) is 24.4 Å². The number of fused-ring (bicyclic) bond motifs is 1. The van der Waals surface area contributed by atoms with E-state index in [0.29, 0.717) is 4.88 Å². The van der Waals surface area contributed by atoms with Crippen LogP contribution in [0.1, 0.15) is 65.8 Å². The molecule has 0 aliphatic heterocycles. The molecule has 2 aromatic rings. The van der Waals surface area contributed by atoms with Gasteiger partial charge < -0.3 is 4.90 Å². The number of hydrogen-bond donors (Lipinski definition) is 0. The number of hydrogen-bond acceptors (Lipinski definition) is 3. The van der Waals surface area contributed by atoms with E-state index in [4.69, 9.17) is 0 Å². The molecule has 24 heavy (non-hydrogen) atoms. The summed E-state index contributed by atoms with van der Waals surface area (Å²) < 4.78 is 0. The Balaban J connectivity index is 1.83. The largest absolute Gasteiger partial charge is 0.311 e. The van der Waals surface area contributed by atoms with Gasteiger partial charge in [-0.1, -0.05) is 33.3 Å². The van der Waals surface area contributed by atoms with Gasteiger partial charge in [-0.05, 0) is 48.9 Å². The molecule has 1 aromatic carbocycles. The highest BCUT2D eigenvalue weighted by Crippen LogP contribution is 2.29. The minimum atomic E-state index is -0.0220. The van der Waals surface area contributed by atoms with E-state index in [1.165, 1.54) is 41.7 Å². The van der Waals surface area contributed by atoms with Crippen molar-refractivity contribution in [2.75, 3.05) is 11.9 Å². The molecule has 3 nitrogen and oxygen atoms in total. The third kappa shape index (κ3) is 3.54. The van der Waals surface area contributed by atoms with E-state index in [-0.39, 0.29) is 11.3 Å². The number of aromatic nitrogens is 1. The number of amides is 1. The van der Waals surface area contributed by atoms with Crippen LogP contribution in [-0.4, -0.2) is 17.9 Å². The Kier molecular flexibility index (Phi) is 4.77. The molecule has 1 amide bonds. The van der Waals surface area contributed by atoms with Gasteiger partial charge in [-0.2, -0.15) is 0 Å². The van der Waals surface area contributed by atoms with Gasteiger partial charge in [0.15, 0.2) is 0 Å². The zero-order valence-electron chi connectivity index (χ0n) is 15.1. The molecule has 1 aliphatic carbocycles. The molecule has 0 unspecified atom stereocenters. The SMILES string of the molecule is CN(C(=O)c1cnc(C(C)(C)C)s1)c1ccc2c(c1)CCCCC2. The van der Waals surface area contributed by atoms with E-state index < -0.39 is 0 Å². The second-order valence-electron chi connectivity index (χ2n) is 7.66. The van der Waals surface area contributed by atoms with Crippen LogP contribution in [-0.2, 0) is 18.3 Å². The number of carbonyl (C=O) groups excluding carboxylic acids is 1. The number of anilines is 1. The van der Waals surface area contributed by atoms with Crippen molar-refractivity contribution in [3.8, 4) is 0 Å². The fourth-order valence-electron chi connectivity index (χ4n) is 3.11. The Labute approximate surface area is 148 Å². The quantitative estimate of drug-likeness (QED) is 0.721. The monoisotopic (exact) mass is 342 g/mol. The molecular weight excluding hydrogens is 316 g/mol. The van der Waals surface area contributed by atoms with Gasteiger partial charge in [0.05, 0.1) is 11.2 Å². The van der Waals surface area contributed by atoms with Crippen molar-refractivity contribution < 1.29 is 4.79 Å². The Morgan fingerprint density at radius 1 is 1.12 bits per heavy atom. The van der Waals surface area contributed by atoms with Gasteiger partial charge in [-0.3, -0.25) is 4.79 Å². The maximum absolute atomic E-state index is 12.8. The fraction of sp³-hybridized carbons (Fsp3) is 0.500. The lowest BCUT2D eigenvalue weighted by Crippen LogP contribution is -2.25. The molecule has 0 saturated heterocycles. The molecule has 0 saturated carbocycles. The fourth-order valence-corrected chi connectivity index (χ4v) is 4.06. The van der Waals surface area contributed by atoms with E-state index in [9.17, 15) is 4.79 Å². The van der Waals surface area contributed by atoms with Crippen molar-refractivity contribution >= 4 is 22.9 Å². The topological polar surface area (TPSA) is 33.2 Å². The van der Waals surface area contributed by atoms with Crippen LogP contribution in [0.4, 0.5) is 5.69 Å². The molecule has 0 atom stereocenters. The van der Waals surface area contributed by atoms with Gasteiger partial charge in [0.1, 0.15) is 4.88 Å². The van der Waals surface area contributed by atoms with Crippen LogP contribution in [0.25, 0.3) is 0 Å². The molecule has 4 heteroatoms. The summed E-state index contributed by atoms with van der Waals surface area (Å²) in [5.41, 5.74) is 3.81. The summed E-state index contributed by atoms with van der Waals surface area (Å²) >= 11 is 1.50. The van der Waals surface area contributed by atoms with Crippen molar-refractivity contribution in [1.29, 1.82) is 0 Å². The van der Waals surface area contributed by atoms with Gasteiger partial charge in [-0.15, -0.1) is 11.3 Å². The second-order valence-corrected chi connectivity index (χ2v) is 8.69. The number of nitrogens with zero attached hydrogens (tertiary/aromatic N) is 2. The lowest BCUT2D eigenvalue weighted by Gasteiger charge is -2.18. The van der Waals surface area contributed by atoms with Crippen LogP contribution < -0.4 is 4.90 Å². The highest BCUT2D eigenvalue weighted by Gasteiger charge is 2.23. The molecule has 1 heterocycles. The molecule has 0 N–H and O–H groups in total. The number of aryl methyl sites for hydroxylation is 2. The predicted octanol–water partition coefficient (Wildman–Crippen LogP) is 4.99. The highest BCUT2D eigenvalue weighted by atomic mass is 32.1. The average molecular weight is 343 g/mol. The zero-order valence-corrected chi connectivity index (χ0v) is 15.9. The van der Waals surface area contributed by atoms with Crippen molar-refractivity contribution in [2.45, 2.75) is 58.3 Å². The Hall–Kier alpha value is -1.68.